The summed E-state index contributed by atoms with van der Waals surface area (Å²) < 4.78 is 34.2. The van der Waals surface area contributed by atoms with E-state index in [1.54, 1.807) is 29.2 Å². The van der Waals surface area contributed by atoms with Crippen LogP contribution in [0.15, 0.2) is 47.6 Å². The van der Waals surface area contributed by atoms with Crippen LogP contribution in [-0.4, -0.2) is 52.7 Å². The number of halogens is 1. The van der Waals surface area contributed by atoms with Crippen molar-refractivity contribution in [1.82, 2.24) is 24.1 Å². The number of nitrogens with zero attached hydrogens (tertiary/aromatic N) is 5. The van der Waals surface area contributed by atoms with Crippen molar-refractivity contribution in [2.24, 2.45) is 7.05 Å². The van der Waals surface area contributed by atoms with Crippen molar-refractivity contribution in [3.05, 3.63) is 53.6 Å². The number of hydrogen-bond donors (Lipinski definition) is 0. The van der Waals surface area contributed by atoms with Gasteiger partial charge in [-0.1, -0.05) is 11.6 Å². The molecule has 0 radical (unpaired) electrons. The van der Waals surface area contributed by atoms with E-state index in [0.717, 1.165) is 11.4 Å². The molecule has 28 heavy (non-hydrogen) atoms. The van der Waals surface area contributed by atoms with Gasteiger partial charge in [-0.15, -0.1) is 0 Å². The van der Waals surface area contributed by atoms with Crippen LogP contribution in [0.4, 0.5) is 0 Å². The van der Waals surface area contributed by atoms with Crippen molar-refractivity contribution in [3.63, 3.8) is 0 Å². The Labute approximate surface area is 167 Å². The maximum atomic E-state index is 13.0. The van der Waals surface area contributed by atoms with E-state index in [-0.39, 0.29) is 16.6 Å². The predicted octanol–water partition coefficient (Wildman–Crippen LogP) is 2.33. The van der Waals surface area contributed by atoms with Gasteiger partial charge in [-0.25, -0.2) is 13.4 Å². The van der Waals surface area contributed by atoms with E-state index >= 15 is 0 Å². The first kappa shape index (κ1) is 18.9. The Bertz CT molecular complexity index is 1110. The maximum Gasteiger partial charge on any atom is 0.246 e. The van der Waals surface area contributed by atoms with Gasteiger partial charge in [0.2, 0.25) is 10.0 Å². The van der Waals surface area contributed by atoms with Crippen molar-refractivity contribution in [1.29, 1.82) is 0 Å². The van der Waals surface area contributed by atoms with E-state index in [9.17, 15) is 8.42 Å². The molecule has 0 atom stereocenters. The Morgan fingerprint density at radius 3 is 2.57 bits per heavy atom. The molecule has 3 heterocycles. The zero-order valence-corrected chi connectivity index (χ0v) is 16.9. The van der Waals surface area contributed by atoms with Gasteiger partial charge in [0.25, 0.3) is 0 Å². The fourth-order valence-corrected chi connectivity index (χ4v) is 5.11. The Kier molecular flexibility index (Phi) is 4.82. The molecule has 1 aliphatic rings. The zero-order chi connectivity index (χ0) is 19.9. The van der Waals surface area contributed by atoms with Gasteiger partial charge in [0.1, 0.15) is 16.5 Å². The second kappa shape index (κ2) is 7.16. The van der Waals surface area contributed by atoms with Crippen LogP contribution in [0.5, 0.6) is 5.75 Å². The molecular formula is C18H18ClN5O3S. The topological polar surface area (TPSA) is 90.2 Å². The SMILES string of the molecule is COc1ccc(Cl)cc1S(=O)(=O)N1CC(c2nc(-c3ccncc3)nn2C)C1. The Morgan fingerprint density at radius 2 is 1.89 bits per heavy atom. The summed E-state index contributed by atoms with van der Waals surface area (Å²) in [6, 6.07) is 8.23. The van der Waals surface area contributed by atoms with Crippen molar-refractivity contribution >= 4 is 21.6 Å². The lowest BCUT2D eigenvalue weighted by Gasteiger charge is -2.37. The summed E-state index contributed by atoms with van der Waals surface area (Å²) in [5, 5.41) is 4.78. The first-order valence-electron chi connectivity index (χ1n) is 8.55. The lowest BCUT2D eigenvalue weighted by molar-refractivity contribution is 0.250. The third-order valence-corrected chi connectivity index (χ3v) is 6.78. The summed E-state index contributed by atoms with van der Waals surface area (Å²) in [6.45, 7) is 0.640. The number of aryl methyl sites for hydroxylation is 1. The highest BCUT2D eigenvalue weighted by atomic mass is 35.5. The quantitative estimate of drug-likeness (QED) is 0.630. The van der Waals surface area contributed by atoms with Crippen molar-refractivity contribution in [2.45, 2.75) is 10.8 Å². The predicted molar refractivity (Wildman–Crippen MR) is 104 cm³/mol. The van der Waals surface area contributed by atoms with Crippen LogP contribution in [-0.2, 0) is 17.1 Å². The smallest absolute Gasteiger partial charge is 0.246 e. The molecule has 0 saturated carbocycles. The van der Waals surface area contributed by atoms with Gasteiger partial charge >= 0.3 is 0 Å². The van der Waals surface area contributed by atoms with Gasteiger partial charge in [-0.2, -0.15) is 9.40 Å². The average molecular weight is 420 g/mol. The summed E-state index contributed by atoms with van der Waals surface area (Å²) >= 11 is 5.99. The highest BCUT2D eigenvalue weighted by Gasteiger charge is 2.41. The molecule has 0 bridgehead atoms. The molecule has 146 valence electrons. The first-order chi connectivity index (χ1) is 13.4. The number of rotatable bonds is 5. The Morgan fingerprint density at radius 1 is 1.18 bits per heavy atom. The van der Waals surface area contributed by atoms with Gasteiger partial charge in [0, 0.05) is 49.0 Å². The normalized spacial score (nSPS) is 15.4. The molecule has 0 spiro atoms. The fraction of sp³-hybridized carbons (Fsp3) is 0.278. The second-order valence-corrected chi connectivity index (χ2v) is 8.81. The van der Waals surface area contributed by atoms with E-state index in [0.29, 0.717) is 23.9 Å². The molecule has 0 N–H and O–H groups in total. The minimum absolute atomic E-state index is 0.0342. The summed E-state index contributed by atoms with van der Waals surface area (Å²) in [6.07, 6.45) is 3.36. The molecule has 1 saturated heterocycles. The number of aromatic nitrogens is 4. The summed E-state index contributed by atoms with van der Waals surface area (Å²) in [4.78, 5) is 8.66. The molecule has 3 aromatic rings. The van der Waals surface area contributed by atoms with Crippen LogP contribution in [0.2, 0.25) is 5.02 Å². The van der Waals surface area contributed by atoms with Crippen LogP contribution in [0.1, 0.15) is 11.7 Å². The van der Waals surface area contributed by atoms with Gasteiger partial charge in [0.05, 0.1) is 7.11 Å². The third-order valence-electron chi connectivity index (χ3n) is 4.69. The molecule has 0 amide bonds. The fourth-order valence-electron chi connectivity index (χ4n) is 3.16. The molecule has 10 heteroatoms. The van der Waals surface area contributed by atoms with Gasteiger partial charge in [0.15, 0.2) is 5.82 Å². The Hall–Kier alpha value is -2.49. The average Bonchev–Trinajstić information content (AvgIpc) is 3.02. The van der Waals surface area contributed by atoms with Crippen LogP contribution >= 0.6 is 11.6 Å². The molecule has 1 aromatic carbocycles. The lowest BCUT2D eigenvalue weighted by Crippen LogP contribution is -2.49. The number of pyridine rings is 1. The van der Waals surface area contributed by atoms with Gasteiger partial charge in [-0.3, -0.25) is 9.67 Å². The lowest BCUT2D eigenvalue weighted by atomic mass is 10.0. The van der Waals surface area contributed by atoms with Crippen molar-refractivity contribution in [2.75, 3.05) is 20.2 Å². The van der Waals surface area contributed by atoms with Crippen molar-refractivity contribution in [3.8, 4) is 17.1 Å². The molecule has 1 fully saturated rings. The van der Waals surface area contributed by atoms with Gasteiger partial charge in [-0.05, 0) is 30.3 Å². The minimum atomic E-state index is -3.71. The van der Waals surface area contributed by atoms with Crippen LogP contribution in [0, 0.1) is 0 Å². The molecule has 4 rings (SSSR count). The minimum Gasteiger partial charge on any atom is -0.495 e. The number of methoxy groups -OCH3 is 1. The number of ether oxygens (including phenoxy) is 1. The number of hydrogen-bond acceptors (Lipinski definition) is 6. The number of benzene rings is 1. The van der Waals surface area contributed by atoms with E-state index in [4.69, 9.17) is 16.3 Å². The Balaban J connectivity index is 1.55. The maximum absolute atomic E-state index is 13.0. The second-order valence-electron chi connectivity index (χ2n) is 6.47. The standard InChI is InChI=1S/C18H18ClN5O3S/c1-23-18(21-17(22-23)12-5-7-20-8-6-12)13-10-24(11-13)28(25,26)16-9-14(19)3-4-15(16)27-2/h3-9,13H,10-11H2,1-2H3. The van der Waals surface area contributed by atoms with Crippen LogP contribution < -0.4 is 4.74 Å². The summed E-state index contributed by atoms with van der Waals surface area (Å²) in [5.74, 6) is 1.58. The van der Waals surface area contributed by atoms with E-state index in [1.165, 1.54) is 17.5 Å². The molecule has 0 aliphatic carbocycles. The highest BCUT2D eigenvalue weighted by molar-refractivity contribution is 7.89. The third kappa shape index (κ3) is 3.25. The molecular weight excluding hydrogens is 402 g/mol. The zero-order valence-electron chi connectivity index (χ0n) is 15.3. The van der Waals surface area contributed by atoms with Gasteiger partial charge < -0.3 is 4.74 Å². The van der Waals surface area contributed by atoms with E-state index in [1.807, 2.05) is 19.2 Å². The van der Waals surface area contributed by atoms with Crippen LogP contribution in [0.25, 0.3) is 11.4 Å². The van der Waals surface area contributed by atoms with E-state index in [2.05, 4.69) is 15.1 Å². The largest absolute Gasteiger partial charge is 0.495 e. The molecule has 1 aliphatic heterocycles. The van der Waals surface area contributed by atoms with E-state index < -0.39 is 10.0 Å². The molecule has 8 nitrogen and oxygen atoms in total. The van der Waals surface area contributed by atoms with Crippen molar-refractivity contribution < 1.29 is 13.2 Å². The summed E-state index contributed by atoms with van der Waals surface area (Å²) in [5.41, 5.74) is 0.865. The monoisotopic (exact) mass is 419 g/mol. The molecule has 0 unspecified atom stereocenters. The molecule has 2 aromatic heterocycles. The summed E-state index contributed by atoms with van der Waals surface area (Å²) in [7, 11) is -0.467. The first-order valence-corrected chi connectivity index (χ1v) is 10.4. The highest BCUT2D eigenvalue weighted by Crippen LogP contribution is 2.36. The number of sulfonamides is 1. The van der Waals surface area contributed by atoms with Crippen LogP contribution in [0.3, 0.4) is 0 Å².